The Bertz CT molecular complexity index is 442. The molecule has 2 aliphatic heterocycles. The molecule has 0 unspecified atom stereocenters. The first-order chi connectivity index (χ1) is 10.0. The van der Waals surface area contributed by atoms with E-state index in [0.29, 0.717) is 19.7 Å². The van der Waals surface area contributed by atoms with E-state index in [1.54, 1.807) is 11.8 Å². The predicted molar refractivity (Wildman–Crippen MR) is 69.0 cm³/mol. The van der Waals surface area contributed by atoms with E-state index in [9.17, 15) is 19.2 Å². The van der Waals surface area contributed by atoms with Crippen molar-refractivity contribution in [1.82, 2.24) is 9.80 Å². The van der Waals surface area contributed by atoms with E-state index in [4.69, 9.17) is 4.74 Å². The van der Waals surface area contributed by atoms with Crippen molar-refractivity contribution in [2.45, 2.75) is 19.8 Å². The van der Waals surface area contributed by atoms with Gasteiger partial charge in [-0.2, -0.15) is 0 Å². The Morgan fingerprint density at radius 2 is 2.00 bits per heavy atom. The monoisotopic (exact) mass is 298 g/mol. The molecule has 2 saturated heterocycles. The lowest BCUT2D eigenvalue weighted by atomic mass is 9.99. The first-order valence-electron chi connectivity index (χ1n) is 6.91. The molecule has 0 aliphatic carbocycles. The van der Waals surface area contributed by atoms with Crippen LogP contribution in [0.15, 0.2) is 0 Å². The third-order valence-corrected chi connectivity index (χ3v) is 3.44. The fourth-order valence-electron chi connectivity index (χ4n) is 2.30. The van der Waals surface area contributed by atoms with Crippen molar-refractivity contribution in [1.29, 1.82) is 0 Å². The lowest BCUT2D eigenvalue weighted by molar-refractivity contribution is -0.147. The highest BCUT2D eigenvalue weighted by atomic mass is 16.6. The Hall–Kier alpha value is -2.12. The molecule has 0 aromatic carbocycles. The maximum Gasteiger partial charge on any atom is 0.417 e. The predicted octanol–water partition coefficient (Wildman–Crippen LogP) is -0.233. The van der Waals surface area contributed by atoms with Crippen molar-refractivity contribution in [3.8, 4) is 0 Å². The summed E-state index contributed by atoms with van der Waals surface area (Å²) in [6.45, 7) is 3.06. The van der Waals surface area contributed by atoms with Gasteiger partial charge in [0.2, 0.25) is 5.91 Å². The van der Waals surface area contributed by atoms with Gasteiger partial charge in [-0.3, -0.25) is 14.4 Å². The SMILES string of the molecule is CCOC(=O)CCC(=O)N1CC(CN2C(=O)COC2=O)C1. The fourth-order valence-corrected chi connectivity index (χ4v) is 2.30. The van der Waals surface area contributed by atoms with Crippen molar-refractivity contribution in [3.63, 3.8) is 0 Å². The summed E-state index contributed by atoms with van der Waals surface area (Å²) in [6.07, 6.45) is -0.423. The zero-order chi connectivity index (χ0) is 15.4. The number of carbonyl (C=O) groups is 4. The highest BCUT2D eigenvalue weighted by Crippen LogP contribution is 2.20. The van der Waals surface area contributed by atoms with Crippen LogP contribution in [0.1, 0.15) is 19.8 Å². The summed E-state index contributed by atoms with van der Waals surface area (Å²) in [5, 5.41) is 0. The second kappa shape index (κ2) is 6.55. The van der Waals surface area contributed by atoms with Gasteiger partial charge < -0.3 is 14.4 Å². The van der Waals surface area contributed by atoms with Gasteiger partial charge in [0.05, 0.1) is 13.0 Å². The molecule has 0 atom stereocenters. The lowest BCUT2D eigenvalue weighted by Crippen LogP contribution is -2.54. The fraction of sp³-hybridized carbons (Fsp3) is 0.692. The Balaban J connectivity index is 1.66. The molecule has 0 bridgehead atoms. The van der Waals surface area contributed by atoms with Crippen LogP contribution in [0, 0.1) is 5.92 Å². The van der Waals surface area contributed by atoms with E-state index >= 15 is 0 Å². The van der Waals surface area contributed by atoms with Crippen molar-refractivity contribution < 1.29 is 28.7 Å². The van der Waals surface area contributed by atoms with Gasteiger partial charge >= 0.3 is 12.1 Å². The van der Waals surface area contributed by atoms with Crippen LogP contribution < -0.4 is 0 Å². The minimum absolute atomic E-state index is 0.0742. The summed E-state index contributed by atoms with van der Waals surface area (Å²) in [4.78, 5) is 48.3. The van der Waals surface area contributed by atoms with Gasteiger partial charge in [0, 0.05) is 32.0 Å². The maximum atomic E-state index is 11.8. The van der Waals surface area contributed by atoms with Gasteiger partial charge in [0.25, 0.3) is 5.91 Å². The number of amides is 3. The molecule has 0 spiro atoms. The smallest absolute Gasteiger partial charge is 0.417 e. The van der Waals surface area contributed by atoms with E-state index in [2.05, 4.69) is 4.74 Å². The van der Waals surface area contributed by atoms with Crippen molar-refractivity contribution in [2.24, 2.45) is 5.92 Å². The van der Waals surface area contributed by atoms with Crippen LogP contribution in [-0.2, 0) is 23.9 Å². The second-order valence-electron chi connectivity index (χ2n) is 5.03. The summed E-state index contributed by atoms with van der Waals surface area (Å²) < 4.78 is 9.37. The first-order valence-corrected chi connectivity index (χ1v) is 6.91. The number of hydrogen-bond donors (Lipinski definition) is 0. The molecule has 2 heterocycles. The minimum Gasteiger partial charge on any atom is -0.466 e. The van der Waals surface area contributed by atoms with Gasteiger partial charge in [-0.15, -0.1) is 0 Å². The molecule has 21 heavy (non-hydrogen) atoms. The second-order valence-corrected chi connectivity index (χ2v) is 5.03. The molecule has 0 saturated carbocycles. The summed E-state index contributed by atoms with van der Waals surface area (Å²) in [7, 11) is 0. The van der Waals surface area contributed by atoms with E-state index in [1.165, 1.54) is 0 Å². The molecular weight excluding hydrogens is 280 g/mol. The normalized spacial score (nSPS) is 18.5. The Morgan fingerprint density at radius 3 is 2.57 bits per heavy atom. The van der Waals surface area contributed by atoms with Crippen LogP contribution in [0.4, 0.5) is 4.79 Å². The average Bonchev–Trinajstić information content (AvgIpc) is 2.71. The molecular formula is C13H18N2O6. The van der Waals surface area contributed by atoms with E-state index in [1.807, 2.05) is 0 Å². The van der Waals surface area contributed by atoms with Gasteiger partial charge in [-0.25, -0.2) is 9.69 Å². The zero-order valence-electron chi connectivity index (χ0n) is 11.9. The molecule has 2 rings (SSSR count). The van der Waals surface area contributed by atoms with Crippen LogP contribution in [0.25, 0.3) is 0 Å². The molecule has 0 aromatic rings. The van der Waals surface area contributed by atoms with Gasteiger partial charge in [0.15, 0.2) is 6.61 Å². The van der Waals surface area contributed by atoms with Gasteiger partial charge in [-0.1, -0.05) is 0 Å². The highest BCUT2D eigenvalue weighted by molar-refractivity contribution is 5.97. The first kappa shape index (κ1) is 15.3. The average molecular weight is 298 g/mol. The molecule has 2 aliphatic rings. The molecule has 3 amide bonds. The summed E-state index contributed by atoms with van der Waals surface area (Å²) in [6, 6.07) is 0. The van der Waals surface area contributed by atoms with Crippen molar-refractivity contribution >= 4 is 23.9 Å². The highest BCUT2D eigenvalue weighted by Gasteiger charge is 2.38. The molecule has 0 radical (unpaired) electrons. The number of rotatable bonds is 6. The standard InChI is InChI=1S/C13H18N2O6/c1-2-20-12(18)4-3-10(16)14-5-9(6-14)7-15-11(17)8-21-13(15)19/h9H,2-8H2,1H3. The largest absolute Gasteiger partial charge is 0.466 e. The van der Waals surface area contributed by atoms with Crippen molar-refractivity contribution in [2.75, 3.05) is 32.8 Å². The van der Waals surface area contributed by atoms with Crippen LogP contribution in [0.3, 0.4) is 0 Å². The number of cyclic esters (lactones) is 1. The zero-order valence-corrected chi connectivity index (χ0v) is 11.9. The molecule has 116 valence electrons. The van der Waals surface area contributed by atoms with E-state index < -0.39 is 6.09 Å². The molecule has 0 N–H and O–H groups in total. The third-order valence-electron chi connectivity index (χ3n) is 3.44. The Labute approximate surface area is 121 Å². The lowest BCUT2D eigenvalue weighted by Gasteiger charge is -2.40. The molecule has 8 nitrogen and oxygen atoms in total. The summed E-state index contributed by atoms with van der Waals surface area (Å²) in [5.74, 6) is -0.763. The number of imide groups is 1. The number of carbonyl (C=O) groups excluding carboxylic acids is 4. The number of likely N-dealkylation sites (tertiary alicyclic amines) is 1. The van der Waals surface area contributed by atoms with Crippen molar-refractivity contribution in [3.05, 3.63) is 0 Å². The van der Waals surface area contributed by atoms with Gasteiger partial charge in [-0.05, 0) is 6.92 Å². The summed E-state index contributed by atoms with van der Waals surface area (Å²) >= 11 is 0. The molecule has 0 aromatic heterocycles. The Morgan fingerprint density at radius 1 is 1.29 bits per heavy atom. The molecule has 2 fully saturated rings. The summed E-state index contributed by atoms with van der Waals surface area (Å²) in [5.41, 5.74) is 0. The quantitative estimate of drug-likeness (QED) is 0.629. The number of ether oxygens (including phenoxy) is 2. The maximum absolute atomic E-state index is 11.8. The van der Waals surface area contributed by atoms with Crippen LogP contribution in [0.5, 0.6) is 0 Å². The van der Waals surface area contributed by atoms with E-state index in [-0.39, 0.29) is 49.7 Å². The number of esters is 1. The van der Waals surface area contributed by atoms with Crippen LogP contribution >= 0.6 is 0 Å². The Kier molecular flexibility index (Phi) is 4.77. The number of nitrogens with zero attached hydrogens (tertiary/aromatic N) is 2. The minimum atomic E-state index is -0.618. The third kappa shape index (κ3) is 3.71. The van der Waals surface area contributed by atoms with Gasteiger partial charge in [0.1, 0.15) is 0 Å². The topological polar surface area (TPSA) is 93.2 Å². The molecule has 8 heteroatoms. The number of hydrogen-bond acceptors (Lipinski definition) is 6. The van der Waals surface area contributed by atoms with E-state index in [0.717, 1.165) is 4.90 Å². The van der Waals surface area contributed by atoms with Crippen LogP contribution in [-0.4, -0.2) is 66.5 Å². The van der Waals surface area contributed by atoms with Crippen LogP contribution in [0.2, 0.25) is 0 Å².